The summed E-state index contributed by atoms with van der Waals surface area (Å²) in [5, 5.41) is 4.41. The van der Waals surface area contributed by atoms with E-state index in [9.17, 15) is 0 Å². The molecule has 0 radical (unpaired) electrons. The standard InChI is InChI=1S/C62H41N5O/c1-6-18-40(19-7-1)45-34-46(41-20-8-2-9-21-41)36-47(35-45)48-38-52(62-65-60(42-22-10-3-11-23-42)64-61(66-62)43-24-12-4-13-25-43)59(63-39-48)44-30-32-55-51(37-44)58-56(68-55)33-31-54-57(58)50-28-16-17-29-53(50)67(54)49-26-14-5-15-27-49/h1-35,37-39,47H,36H2. The Bertz CT molecular complexity index is 3860. The van der Waals surface area contributed by atoms with Gasteiger partial charge in [-0.25, -0.2) is 15.0 Å². The fourth-order valence-corrected chi connectivity index (χ4v) is 10.0. The summed E-state index contributed by atoms with van der Waals surface area (Å²) in [5.74, 6) is 1.76. The van der Waals surface area contributed by atoms with E-state index in [-0.39, 0.29) is 5.92 Å². The Labute approximate surface area is 392 Å². The third kappa shape index (κ3) is 6.90. The van der Waals surface area contributed by atoms with Crippen molar-refractivity contribution in [2.75, 3.05) is 0 Å². The normalized spacial score (nSPS) is 13.9. The highest BCUT2D eigenvalue weighted by atomic mass is 16.3. The first-order chi connectivity index (χ1) is 33.7. The van der Waals surface area contributed by atoms with Crippen molar-refractivity contribution < 1.29 is 4.42 Å². The largest absolute Gasteiger partial charge is 0.456 e. The molecule has 1 aliphatic rings. The van der Waals surface area contributed by atoms with Crippen LogP contribution < -0.4 is 0 Å². The number of para-hydroxylation sites is 2. The van der Waals surface area contributed by atoms with Crippen molar-refractivity contribution in [3.63, 3.8) is 0 Å². The topological polar surface area (TPSA) is 69.6 Å². The van der Waals surface area contributed by atoms with E-state index in [1.165, 1.54) is 27.7 Å². The van der Waals surface area contributed by atoms with Gasteiger partial charge in [0, 0.05) is 61.6 Å². The predicted octanol–water partition coefficient (Wildman–Crippen LogP) is 15.6. The van der Waals surface area contributed by atoms with Crippen LogP contribution in [0.1, 0.15) is 29.0 Å². The molecule has 0 amide bonds. The molecule has 4 heterocycles. The molecule has 1 unspecified atom stereocenters. The van der Waals surface area contributed by atoms with Gasteiger partial charge in [0.25, 0.3) is 0 Å². The Morgan fingerprint density at radius 1 is 0.456 bits per heavy atom. The summed E-state index contributed by atoms with van der Waals surface area (Å²) in [5.41, 5.74) is 15.3. The van der Waals surface area contributed by atoms with Crippen molar-refractivity contribution in [3.05, 3.63) is 247 Å². The molecule has 320 valence electrons. The van der Waals surface area contributed by atoms with E-state index in [0.29, 0.717) is 17.5 Å². The number of pyridine rings is 1. The average molecular weight is 872 g/mol. The molecule has 0 N–H and O–H groups in total. The number of hydrogen-bond acceptors (Lipinski definition) is 5. The minimum atomic E-state index is 0.0188. The quantitative estimate of drug-likeness (QED) is 0.152. The second-order valence-corrected chi connectivity index (χ2v) is 17.4. The summed E-state index contributed by atoms with van der Waals surface area (Å²) in [7, 11) is 0. The first-order valence-electron chi connectivity index (χ1n) is 23.0. The first-order valence-corrected chi connectivity index (χ1v) is 23.0. The monoisotopic (exact) mass is 871 g/mol. The number of fused-ring (bicyclic) bond motifs is 7. The van der Waals surface area contributed by atoms with Crippen LogP contribution in [0.4, 0.5) is 0 Å². The van der Waals surface area contributed by atoms with Crippen molar-refractivity contribution in [2.45, 2.75) is 12.3 Å². The summed E-state index contributed by atoms with van der Waals surface area (Å²) < 4.78 is 9.03. The maximum atomic E-state index is 6.68. The fraction of sp³-hybridized carbons (Fsp3) is 0.0323. The van der Waals surface area contributed by atoms with Gasteiger partial charge in [0.15, 0.2) is 17.5 Å². The van der Waals surface area contributed by atoms with Crippen molar-refractivity contribution in [1.82, 2.24) is 24.5 Å². The van der Waals surface area contributed by atoms with Crippen LogP contribution in [0.3, 0.4) is 0 Å². The highest BCUT2D eigenvalue weighted by Crippen LogP contribution is 2.45. The van der Waals surface area contributed by atoms with E-state index in [0.717, 1.165) is 84.0 Å². The van der Waals surface area contributed by atoms with Gasteiger partial charge in [0.1, 0.15) is 11.2 Å². The lowest BCUT2D eigenvalue weighted by molar-refractivity contribution is 0.669. The Morgan fingerprint density at radius 3 is 1.74 bits per heavy atom. The van der Waals surface area contributed by atoms with Gasteiger partial charge in [-0.2, -0.15) is 0 Å². The number of hydrogen-bond donors (Lipinski definition) is 0. The molecule has 1 atom stereocenters. The lowest BCUT2D eigenvalue weighted by Gasteiger charge is -2.24. The van der Waals surface area contributed by atoms with Gasteiger partial charge in [-0.15, -0.1) is 0 Å². The molecule has 13 rings (SSSR count). The van der Waals surface area contributed by atoms with Crippen LogP contribution in [0.25, 0.3) is 106 Å². The molecule has 0 saturated carbocycles. The minimum absolute atomic E-state index is 0.0188. The Balaban J connectivity index is 1.05. The van der Waals surface area contributed by atoms with Crippen LogP contribution in [-0.4, -0.2) is 24.5 Å². The van der Waals surface area contributed by atoms with Crippen molar-refractivity contribution in [3.8, 4) is 51.1 Å². The van der Waals surface area contributed by atoms with Crippen molar-refractivity contribution in [1.29, 1.82) is 0 Å². The van der Waals surface area contributed by atoms with Crippen LogP contribution in [0.2, 0.25) is 0 Å². The third-order valence-electron chi connectivity index (χ3n) is 13.2. The maximum Gasteiger partial charge on any atom is 0.166 e. The van der Waals surface area contributed by atoms with Gasteiger partial charge < -0.3 is 8.98 Å². The van der Waals surface area contributed by atoms with Crippen LogP contribution >= 0.6 is 0 Å². The van der Waals surface area contributed by atoms with Gasteiger partial charge in [-0.05, 0) is 88.9 Å². The summed E-state index contributed by atoms with van der Waals surface area (Å²) in [6.45, 7) is 0. The lowest BCUT2D eigenvalue weighted by Crippen LogP contribution is -2.07. The van der Waals surface area contributed by atoms with E-state index >= 15 is 0 Å². The highest BCUT2D eigenvalue weighted by Gasteiger charge is 2.25. The van der Waals surface area contributed by atoms with E-state index in [2.05, 4.69) is 175 Å². The van der Waals surface area contributed by atoms with Crippen LogP contribution in [0.5, 0.6) is 0 Å². The highest BCUT2D eigenvalue weighted by molar-refractivity contribution is 6.27. The van der Waals surface area contributed by atoms with Gasteiger partial charge in [-0.1, -0.05) is 170 Å². The van der Waals surface area contributed by atoms with Gasteiger partial charge in [0.2, 0.25) is 0 Å². The SMILES string of the molecule is C1=C(c2ccccc2)C=C(c2ccccc2)CC1c1cnc(-c2ccc3oc4ccc5c(c6ccccc6n5-c5ccccc5)c4c3c2)c(-c2nc(-c3ccccc3)nc(-c3ccccc3)n2)c1. The molecule has 0 fully saturated rings. The van der Waals surface area contributed by atoms with E-state index in [4.69, 9.17) is 24.4 Å². The molecule has 0 bridgehead atoms. The zero-order chi connectivity index (χ0) is 45.0. The maximum absolute atomic E-state index is 6.68. The summed E-state index contributed by atoms with van der Waals surface area (Å²) in [6, 6.07) is 73.8. The van der Waals surface area contributed by atoms with Crippen LogP contribution in [-0.2, 0) is 0 Å². The fourth-order valence-electron chi connectivity index (χ4n) is 10.0. The molecule has 68 heavy (non-hydrogen) atoms. The Kier molecular flexibility index (Phi) is 9.53. The number of aromatic nitrogens is 5. The third-order valence-corrected chi connectivity index (χ3v) is 13.2. The number of allylic oxidation sites excluding steroid dienone is 4. The zero-order valence-electron chi connectivity index (χ0n) is 36.9. The molecular weight excluding hydrogens is 831 g/mol. The predicted molar refractivity (Wildman–Crippen MR) is 277 cm³/mol. The lowest BCUT2D eigenvalue weighted by atomic mass is 9.81. The molecule has 0 spiro atoms. The molecular formula is C62H41N5O. The number of furan rings is 1. The Morgan fingerprint density at radius 2 is 1.04 bits per heavy atom. The molecule has 0 saturated heterocycles. The van der Waals surface area contributed by atoms with E-state index in [1.807, 2.05) is 60.7 Å². The summed E-state index contributed by atoms with van der Waals surface area (Å²) in [6.07, 6.45) is 7.59. The smallest absolute Gasteiger partial charge is 0.166 e. The van der Waals surface area contributed by atoms with Gasteiger partial charge in [-0.3, -0.25) is 4.98 Å². The number of rotatable bonds is 8. The molecule has 12 aromatic rings. The van der Waals surface area contributed by atoms with Gasteiger partial charge >= 0.3 is 0 Å². The van der Waals surface area contributed by atoms with Gasteiger partial charge in [0.05, 0.1) is 16.7 Å². The van der Waals surface area contributed by atoms with Crippen LogP contribution in [0.15, 0.2) is 235 Å². The van der Waals surface area contributed by atoms with Crippen molar-refractivity contribution >= 4 is 54.9 Å². The van der Waals surface area contributed by atoms with E-state index < -0.39 is 0 Å². The summed E-state index contributed by atoms with van der Waals surface area (Å²) >= 11 is 0. The molecule has 8 aromatic carbocycles. The molecule has 4 aromatic heterocycles. The zero-order valence-corrected chi connectivity index (χ0v) is 36.9. The molecule has 0 aliphatic heterocycles. The molecule has 1 aliphatic carbocycles. The van der Waals surface area contributed by atoms with E-state index in [1.54, 1.807) is 0 Å². The Hall–Kier alpha value is -9.00. The molecule has 6 nitrogen and oxygen atoms in total. The minimum Gasteiger partial charge on any atom is -0.456 e. The number of benzene rings is 8. The van der Waals surface area contributed by atoms with Crippen molar-refractivity contribution in [2.24, 2.45) is 0 Å². The summed E-state index contributed by atoms with van der Waals surface area (Å²) in [4.78, 5) is 21.1. The average Bonchev–Trinajstić information content (AvgIpc) is 3.97. The van der Waals surface area contributed by atoms with Crippen LogP contribution in [0, 0.1) is 0 Å². The second-order valence-electron chi connectivity index (χ2n) is 17.4. The molecule has 6 heteroatoms. The second kappa shape index (κ2) is 16.5. The number of nitrogens with zero attached hydrogens (tertiary/aromatic N) is 5. The first kappa shape index (κ1) is 39.4.